The Bertz CT molecular complexity index is 1050. The number of ether oxygens (including phenoxy) is 1. The van der Waals surface area contributed by atoms with Crippen molar-refractivity contribution in [2.24, 2.45) is 17.8 Å². The van der Waals surface area contributed by atoms with Crippen molar-refractivity contribution in [3.8, 4) is 17.6 Å². The number of halogens is 4. The first-order chi connectivity index (χ1) is 17.8. The first-order valence-corrected chi connectivity index (χ1v) is 13.5. The van der Waals surface area contributed by atoms with Crippen LogP contribution in [-0.4, -0.2) is 12.5 Å². The van der Waals surface area contributed by atoms with Crippen LogP contribution in [0.5, 0.6) is 5.75 Å². The van der Waals surface area contributed by atoms with Crippen LogP contribution in [0.3, 0.4) is 0 Å². The number of hydrogen-bond donors (Lipinski definition) is 0. The number of hydrogen-bond acceptors (Lipinski definition) is 1. The fraction of sp³-hybridized carbons (Fsp3) is 0.500. The van der Waals surface area contributed by atoms with Gasteiger partial charge in [-0.15, -0.1) is 6.58 Å². The van der Waals surface area contributed by atoms with Gasteiger partial charge in [-0.2, -0.15) is 17.6 Å². The zero-order valence-corrected chi connectivity index (χ0v) is 21.3. The van der Waals surface area contributed by atoms with Crippen LogP contribution in [0.1, 0.15) is 86.8 Å². The third kappa shape index (κ3) is 7.87. The highest BCUT2D eigenvalue weighted by Gasteiger charge is 2.42. The summed E-state index contributed by atoms with van der Waals surface area (Å²) >= 11 is 0. The summed E-state index contributed by atoms with van der Waals surface area (Å²) in [7, 11) is 0. The van der Waals surface area contributed by atoms with Crippen molar-refractivity contribution in [2.45, 2.75) is 82.7 Å². The van der Waals surface area contributed by atoms with Gasteiger partial charge in [0.05, 0.1) is 0 Å². The lowest BCUT2D eigenvalue weighted by atomic mass is 9.68. The molecule has 0 aromatic heterocycles. The number of rotatable bonds is 7. The van der Waals surface area contributed by atoms with Gasteiger partial charge >= 0.3 is 12.5 Å². The highest BCUT2D eigenvalue weighted by atomic mass is 19.4. The van der Waals surface area contributed by atoms with E-state index < -0.39 is 12.5 Å². The Labute approximate surface area is 218 Å². The molecule has 1 atom stereocenters. The van der Waals surface area contributed by atoms with E-state index in [1.54, 1.807) is 0 Å². The zero-order valence-electron chi connectivity index (χ0n) is 21.3. The summed E-state index contributed by atoms with van der Waals surface area (Å²) < 4.78 is 54.1. The quantitative estimate of drug-likeness (QED) is 0.204. The molecule has 2 aromatic carbocycles. The van der Waals surface area contributed by atoms with E-state index in [-0.39, 0.29) is 5.75 Å². The monoisotopic (exact) mass is 512 g/mol. The average molecular weight is 513 g/mol. The Morgan fingerprint density at radius 1 is 0.811 bits per heavy atom. The van der Waals surface area contributed by atoms with E-state index in [2.05, 4.69) is 41.4 Å². The Balaban J connectivity index is 1.24. The van der Waals surface area contributed by atoms with Crippen molar-refractivity contribution in [2.75, 3.05) is 0 Å². The molecular formula is C32H36F4O. The Hall–Kier alpha value is -2.74. The lowest BCUT2D eigenvalue weighted by Gasteiger charge is -2.38. The lowest BCUT2D eigenvalue weighted by molar-refractivity contribution is -0.236. The van der Waals surface area contributed by atoms with E-state index in [9.17, 15) is 17.6 Å². The van der Waals surface area contributed by atoms with Crippen LogP contribution in [0.2, 0.25) is 0 Å². The summed E-state index contributed by atoms with van der Waals surface area (Å²) in [5.74, 6) is 9.24. The third-order valence-corrected chi connectivity index (χ3v) is 8.19. The molecule has 0 amide bonds. The van der Waals surface area contributed by atoms with Crippen LogP contribution in [0.25, 0.3) is 0 Å². The lowest BCUT2D eigenvalue weighted by Crippen LogP contribution is -2.29. The maximum atomic E-state index is 13.0. The predicted molar refractivity (Wildman–Crippen MR) is 140 cm³/mol. The maximum absolute atomic E-state index is 13.0. The summed E-state index contributed by atoms with van der Waals surface area (Å²) in [5.41, 5.74) is 2.88. The van der Waals surface area contributed by atoms with Gasteiger partial charge in [0, 0.05) is 11.1 Å². The molecule has 1 unspecified atom stereocenters. The molecular weight excluding hydrogens is 476 g/mol. The molecule has 1 nitrogen and oxygen atoms in total. The van der Waals surface area contributed by atoms with Crippen LogP contribution < -0.4 is 4.74 Å². The number of allylic oxidation sites excluding steroid dienone is 1. The second kappa shape index (κ2) is 12.7. The molecule has 2 aliphatic carbocycles. The normalized spacial score (nSPS) is 25.0. The average Bonchev–Trinajstić information content (AvgIpc) is 2.92. The Morgan fingerprint density at radius 2 is 1.32 bits per heavy atom. The molecule has 0 bridgehead atoms. The van der Waals surface area contributed by atoms with Gasteiger partial charge in [-0.05, 0) is 117 Å². The molecule has 2 aliphatic rings. The molecule has 0 N–H and O–H groups in total. The van der Waals surface area contributed by atoms with E-state index in [0.717, 1.165) is 29.7 Å². The second-order valence-corrected chi connectivity index (χ2v) is 10.6. The van der Waals surface area contributed by atoms with Crippen molar-refractivity contribution >= 4 is 0 Å². The van der Waals surface area contributed by atoms with Crippen molar-refractivity contribution in [3.05, 3.63) is 77.9 Å². The highest BCUT2D eigenvalue weighted by Crippen LogP contribution is 2.44. The smallest absolute Gasteiger partial charge is 0.452 e. The first-order valence-electron chi connectivity index (χ1n) is 13.5. The highest BCUT2D eigenvalue weighted by molar-refractivity contribution is 5.45. The van der Waals surface area contributed by atoms with E-state index >= 15 is 0 Å². The molecule has 0 heterocycles. The first kappa shape index (κ1) is 27.3. The van der Waals surface area contributed by atoms with E-state index in [1.807, 2.05) is 12.1 Å². The summed E-state index contributed by atoms with van der Waals surface area (Å²) in [6.45, 7) is 3.86. The van der Waals surface area contributed by atoms with Gasteiger partial charge in [0.15, 0.2) is 0 Å². The fourth-order valence-electron chi connectivity index (χ4n) is 6.01. The van der Waals surface area contributed by atoms with E-state index in [1.165, 1.54) is 87.6 Å². The van der Waals surface area contributed by atoms with Gasteiger partial charge in [0.25, 0.3) is 0 Å². The van der Waals surface area contributed by atoms with Gasteiger partial charge in [0.2, 0.25) is 0 Å². The predicted octanol–water partition coefficient (Wildman–Crippen LogP) is 9.37. The molecule has 198 valence electrons. The molecule has 0 radical (unpaired) electrons. The third-order valence-electron chi connectivity index (χ3n) is 8.19. The van der Waals surface area contributed by atoms with Crippen molar-refractivity contribution in [1.82, 2.24) is 0 Å². The minimum absolute atomic E-state index is 0.189. The molecule has 0 spiro atoms. The Kier molecular flexibility index (Phi) is 9.35. The molecule has 2 fully saturated rings. The Morgan fingerprint density at radius 3 is 1.84 bits per heavy atom. The number of benzene rings is 2. The van der Waals surface area contributed by atoms with Gasteiger partial charge in [-0.25, -0.2) is 0 Å². The molecule has 37 heavy (non-hydrogen) atoms. The topological polar surface area (TPSA) is 9.23 Å². The van der Waals surface area contributed by atoms with Crippen LogP contribution in [0.4, 0.5) is 17.6 Å². The number of alkyl halides is 4. The van der Waals surface area contributed by atoms with E-state index in [4.69, 9.17) is 0 Å². The molecule has 5 heteroatoms. The molecule has 0 aliphatic heterocycles. The van der Waals surface area contributed by atoms with Crippen LogP contribution in [0.15, 0.2) is 61.2 Å². The molecule has 2 saturated carbocycles. The molecule has 4 rings (SSSR count). The van der Waals surface area contributed by atoms with Crippen LogP contribution in [-0.2, 0) is 0 Å². The summed E-state index contributed by atoms with van der Waals surface area (Å²) in [5, 5.41) is 0. The van der Waals surface area contributed by atoms with Gasteiger partial charge in [-0.3, -0.25) is 0 Å². The van der Waals surface area contributed by atoms with Gasteiger partial charge < -0.3 is 4.74 Å². The maximum Gasteiger partial charge on any atom is 0.457 e. The van der Waals surface area contributed by atoms with Gasteiger partial charge in [-0.1, -0.05) is 42.9 Å². The second-order valence-electron chi connectivity index (χ2n) is 10.6. The van der Waals surface area contributed by atoms with Crippen molar-refractivity contribution in [1.29, 1.82) is 0 Å². The summed E-state index contributed by atoms with van der Waals surface area (Å²) in [4.78, 5) is 0. The van der Waals surface area contributed by atoms with Crippen LogP contribution in [0, 0.1) is 29.6 Å². The summed E-state index contributed by atoms with van der Waals surface area (Å²) in [6.07, 6.45) is 6.93. The summed E-state index contributed by atoms with van der Waals surface area (Å²) in [6, 6.07) is 14.0. The molecule has 0 saturated heterocycles. The largest absolute Gasteiger partial charge is 0.457 e. The van der Waals surface area contributed by atoms with E-state index in [0.29, 0.717) is 11.5 Å². The van der Waals surface area contributed by atoms with Gasteiger partial charge in [0.1, 0.15) is 5.75 Å². The standard InChI is InChI=1S/C32H36F4O/c1-2-3-4-23-7-13-26(14-8-23)28-17-19-29(20-18-28)27-15-9-24(10-16-27)5-6-25-11-21-30(22-12-25)37-31(33)32(34,35)36/h2,9-12,15-16,21-23,26,28-29,31H,1,3-4,7-8,13-14,17-20H2. The minimum atomic E-state index is -5.05. The van der Waals surface area contributed by atoms with Crippen molar-refractivity contribution in [3.63, 3.8) is 0 Å². The zero-order chi connectivity index (χ0) is 26.3. The van der Waals surface area contributed by atoms with Crippen LogP contribution >= 0.6 is 0 Å². The fourth-order valence-corrected chi connectivity index (χ4v) is 6.01. The SMILES string of the molecule is C=CCCC1CCC(C2CCC(c3ccc(C#Cc4ccc(OC(F)C(F)(F)F)cc4)cc3)CC2)CC1. The molecule has 2 aromatic rings. The minimum Gasteiger partial charge on any atom is -0.452 e. The van der Waals surface area contributed by atoms with Crippen molar-refractivity contribution < 1.29 is 22.3 Å².